The average Bonchev–Trinajstić information content (AvgIpc) is 3.38. The van der Waals surface area contributed by atoms with Gasteiger partial charge in [-0.1, -0.05) is 37.3 Å². The van der Waals surface area contributed by atoms with Crippen LogP contribution in [0.5, 0.6) is 11.5 Å². The number of rotatable bonds is 8. The Morgan fingerprint density at radius 2 is 1.77 bits per heavy atom. The zero-order chi connectivity index (χ0) is 31.2. The van der Waals surface area contributed by atoms with Crippen LogP contribution in [0.1, 0.15) is 57.0 Å². The number of carbonyl (C=O) groups is 4. The number of fused-ring (bicyclic) bond motifs is 2. The highest BCUT2D eigenvalue weighted by molar-refractivity contribution is 7.17. The van der Waals surface area contributed by atoms with Crippen molar-refractivity contribution in [2.45, 2.75) is 33.1 Å². The van der Waals surface area contributed by atoms with E-state index >= 15 is 0 Å². The van der Waals surface area contributed by atoms with Crippen LogP contribution in [-0.4, -0.2) is 43.7 Å². The summed E-state index contributed by atoms with van der Waals surface area (Å²) in [7, 11) is 1.53. The molecule has 3 aromatic carbocycles. The van der Waals surface area contributed by atoms with Gasteiger partial charge < -0.3 is 19.5 Å². The number of hydrogen-bond donors (Lipinski definition) is 2. The van der Waals surface area contributed by atoms with E-state index in [4.69, 9.17) is 14.2 Å². The SMILES string of the molecule is CCOC(=O)c1c(NC(=O)C(=O)NN=Cc2c(OC(=O)c3ccc(OC)cc3)ccc3ccccc23)sc2c1CCC(C)C2. The third-order valence-corrected chi connectivity index (χ3v) is 8.41. The molecule has 11 heteroatoms. The molecule has 1 atom stereocenters. The molecule has 0 aliphatic heterocycles. The molecule has 5 rings (SSSR count). The average molecular weight is 614 g/mol. The van der Waals surface area contributed by atoms with Crippen LogP contribution in [0, 0.1) is 5.92 Å². The smallest absolute Gasteiger partial charge is 0.343 e. The largest absolute Gasteiger partial charge is 0.497 e. The second-order valence-electron chi connectivity index (χ2n) is 10.2. The Labute approximate surface area is 258 Å². The molecule has 0 fully saturated rings. The molecule has 2 N–H and O–H groups in total. The third kappa shape index (κ3) is 6.63. The molecule has 0 bridgehead atoms. The molecule has 0 saturated carbocycles. The van der Waals surface area contributed by atoms with Gasteiger partial charge in [0.15, 0.2) is 0 Å². The summed E-state index contributed by atoms with van der Waals surface area (Å²) in [5, 5.41) is 8.43. The van der Waals surface area contributed by atoms with Gasteiger partial charge in [0, 0.05) is 10.4 Å². The van der Waals surface area contributed by atoms with Gasteiger partial charge in [0.25, 0.3) is 0 Å². The van der Waals surface area contributed by atoms with Crippen LogP contribution >= 0.6 is 11.3 Å². The highest BCUT2D eigenvalue weighted by Crippen LogP contribution is 2.40. The fraction of sp³-hybridized carbons (Fsp3) is 0.242. The number of esters is 2. The number of hydrogen-bond acceptors (Lipinski definition) is 9. The summed E-state index contributed by atoms with van der Waals surface area (Å²) in [5.41, 5.74) is 4.16. The van der Waals surface area contributed by atoms with Crippen LogP contribution in [-0.2, 0) is 27.2 Å². The number of anilines is 1. The first kappa shape index (κ1) is 30.4. The first-order chi connectivity index (χ1) is 21.3. The predicted octanol–water partition coefficient (Wildman–Crippen LogP) is 5.52. The maximum Gasteiger partial charge on any atom is 0.343 e. The molecule has 10 nitrogen and oxygen atoms in total. The fourth-order valence-corrected chi connectivity index (χ4v) is 6.40. The molecule has 1 aliphatic carbocycles. The number of nitrogens with zero attached hydrogens (tertiary/aromatic N) is 1. The summed E-state index contributed by atoms with van der Waals surface area (Å²) in [6.45, 7) is 4.04. The lowest BCUT2D eigenvalue weighted by Crippen LogP contribution is -2.32. The van der Waals surface area contributed by atoms with Crippen molar-refractivity contribution in [3.63, 3.8) is 0 Å². The Kier molecular flexibility index (Phi) is 9.35. The topological polar surface area (TPSA) is 132 Å². The lowest BCUT2D eigenvalue weighted by molar-refractivity contribution is -0.136. The molecule has 0 radical (unpaired) electrons. The van der Waals surface area contributed by atoms with Gasteiger partial charge in [-0.05, 0) is 78.8 Å². The van der Waals surface area contributed by atoms with E-state index in [0.717, 1.165) is 28.7 Å². The van der Waals surface area contributed by atoms with Crippen molar-refractivity contribution in [2.75, 3.05) is 19.0 Å². The normalized spacial score (nSPS) is 14.1. The van der Waals surface area contributed by atoms with E-state index in [-0.39, 0.29) is 17.4 Å². The van der Waals surface area contributed by atoms with Gasteiger partial charge in [-0.25, -0.2) is 15.0 Å². The lowest BCUT2D eigenvalue weighted by Gasteiger charge is -2.18. The number of methoxy groups -OCH3 is 1. The van der Waals surface area contributed by atoms with Crippen molar-refractivity contribution in [3.05, 3.63) is 87.8 Å². The maximum absolute atomic E-state index is 12.9. The molecule has 0 spiro atoms. The summed E-state index contributed by atoms with van der Waals surface area (Å²) < 4.78 is 16.1. The highest BCUT2D eigenvalue weighted by atomic mass is 32.1. The highest BCUT2D eigenvalue weighted by Gasteiger charge is 2.30. The molecule has 0 saturated heterocycles. The first-order valence-electron chi connectivity index (χ1n) is 14.1. The van der Waals surface area contributed by atoms with E-state index in [1.807, 2.05) is 24.3 Å². The summed E-state index contributed by atoms with van der Waals surface area (Å²) in [6.07, 6.45) is 3.73. The van der Waals surface area contributed by atoms with E-state index in [1.54, 1.807) is 43.3 Å². The summed E-state index contributed by atoms with van der Waals surface area (Å²) in [5.74, 6) is -1.87. The molecule has 1 aliphatic rings. The second kappa shape index (κ2) is 13.5. The van der Waals surface area contributed by atoms with Crippen LogP contribution in [0.3, 0.4) is 0 Å². The van der Waals surface area contributed by atoms with Crippen molar-refractivity contribution < 1.29 is 33.4 Å². The molecular formula is C33H31N3O7S. The number of carbonyl (C=O) groups excluding carboxylic acids is 4. The molecule has 1 aromatic heterocycles. The lowest BCUT2D eigenvalue weighted by atomic mass is 9.88. The van der Waals surface area contributed by atoms with Crippen LogP contribution in [0.25, 0.3) is 10.8 Å². The number of ether oxygens (including phenoxy) is 3. The van der Waals surface area contributed by atoms with Crippen molar-refractivity contribution in [3.8, 4) is 11.5 Å². The molecule has 226 valence electrons. The second-order valence-corrected chi connectivity index (χ2v) is 11.4. The Morgan fingerprint density at radius 1 is 1.00 bits per heavy atom. The quantitative estimate of drug-likeness (QED) is 0.0879. The molecule has 1 unspecified atom stereocenters. The molecule has 44 heavy (non-hydrogen) atoms. The van der Waals surface area contributed by atoms with Crippen LogP contribution in [0.15, 0.2) is 65.8 Å². The maximum atomic E-state index is 12.9. The Balaban J connectivity index is 1.34. The van der Waals surface area contributed by atoms with Crippen LogP contribution in [0.4, 0.5) is 5.00 Å². The predicted molar refractivity (Wildman–Crippen MR) is 168 cm³/mol. The van der Waals surface area contributed by atoms with E-state index in [2.05, 4.69) is 22.8 Å². The molecule has 1 heterocycles. The van der Waals surface area contributed by atoms with E-state index in [1.165, 1.54) is 24.7 Å². The number of amides is 2. The summed E-state index contributed by atoms with van der Waals surface area (Å²) in [6, 6.07) is 17.3. The van der Waals surface area contributed by atoms with Crippen molar-refractivity contribution in [1.82, 2.24) is 5.43 Å². The number of nitrogens with one attached hydrogen (secondary N) is 2. The Bertz CT molecular complexity index is 1760. The monoisotopic (exact) mass is 613 g/mol. The van der Waals surface area contributed by atoms with Gasteiger partial charge in [0.2, 0.25) is 0 Å². The molecule has 4 aromatic rings. The minimum absolute atomic E-state index is 0.188. The van der Waals surface area contributed by atoms with Crippen molar-refractivity contribution in [2.24, 2.45) is 11.0 Å². The Morgan fingerprint density at radius 3 is 2.52 bits per heavy atom. The number of hydrazone groups is 1. The minimum Gasteiger partial charge on any atom is -0.497 e. The van der Waals surface area contributed by atoms with E-state index in [9.17, 15) is 19.2 Å². The fourth-order valence-electron chi connectivity index (χ4n) is 5.01. The zero-order valence-corrected chi connectivity index (χ0v) is 25.3. The molecular weight excluding hydrogens is 582 g/mol. The summed E-state index contributed by atoms with van der Waals surface area (Å²) in [4.78, 5) is 52.3. The van der Waals surface area contributed by atoms with Gasteiger partial charge in [-0.15, -0.1) is 11.3 Å². The van der Waals surface area contributed by atoms with Gasteiger partial charge in [0.05, 0.1) is 31.1 Å². The third-order valence-electron chi connectivity index (χ3n) is 7.24. The zero-order valence-electron chi connectivity index (χ0n) is 24.5. The van der Waals surface area contributed by atoms with Gasteiger partial charge in [-0.2, -0.15) is 5.10 Å². The van der Waals surface area contributed by atoms with Crippen LogP contribution < -0.4 is 20.2 Å². The first-order valence-corrected chi connectivity index (χ1v) is 14.9. The number of thiophene rings is 1. The van der Waals surface area contributed by atoms with Crippen molar-refractivity contribution in [1.29, 1.82) is 0 Å². The van der Waals surface area contributed by atoms with E-state index < -0.39 is 23.8 Å². The minimum atomic E-state index is -1.03. The Hall–Kier alpha value is -5.03. The summed E-state index contributed by atoms with van der Waals surface area (Å²) >= 11 is 1.29. The van der Waals surface area contributed by atoms with Gasteiger partial charge in [0.1, 0.15) is 16.5 Å². The molecule has 2 amide bonds. The number of benzene rings is 3. The standard InChI is InChI=1S/C33H31N3O7S/c1-4-42-33(40)28-24-15-9-19(2)17-27(24)44-31(28)35-29(37)30(38)36-34-18-25-23-8-6-5-7-20(23)12-16-26(25)43-32(39)21-10-13-22(41-3)14-11-21/h5-8,10-14,16,18-19H,4,9,15,17H2,1-3H3,(H,35,37)(H,36,38). The van der Waals surface area contributed by atoms with Gasteiger partial charge >= 0.3 is 23.8 Å². The van der Waals surface area contributed by atoms with Crippen molar-refractivity contribution >= 4 is 57.1 Å². The van der Waals surface area contributed by atoms with E-state index in [0.29, 0.717) is 40.2 Å². The van der Waals surface area contributed by atoms with Gasteiger partial charge in [-0.3, -0.25) is 9.59 Å². The van der Waals surface area contributed by atoms with Crippen LogP contribution in [0.2, 0.25) is 0 Å².